The number of fused-ring (bicyclic) bond motifs is 2. The molecule has 0 N–H and O–H groups in total. The number of hydrogen-bond acceptors (Lipinski definition) is 4. The second-order valence-corrected chi connectivity index (χ2v) is 6.29. The summed E-state index contributed by atoms with van der Waals surface area (Å²) in [6.45, 7) is 0. The van der Waals surface area contributed by atoms with E-state index in [0.717, 1.165) is 0 Å². The molecule has 0 spiro atoms. The first-order valence-electron chi connectivity index (χ1n) is 6.56. The molecular formula is C16H8Cl2N2O2. The molecule has 0 atom stereocenters. The van der Waals surface area contributed by atoms with Crippen LogP contribution in [0.15, 0.2) is 53.5 Å². The van der Waals surface area contributed by atoms with Gasteiger partial charge in [-0.2, -0.15) is 0 Å². The second kappa shape index (κ2) is 4.41. The van der Waals surface area contributed by atoms with E-state index in [2.05, 4.69) is 4.99 Å². The lowest BCUT2D eigenvalue weighted by atomic mass is 10.1. The minimum atomic E-state index is -1.87. The Labute approximate surface area is 136 Å². The van der Waals surface area contributed by atoms with Crippen LogP contribution in [-0.4, -0.2) is 21.9 Å². The summed E-state index contributed by atoms with van der Waals surface area (Å²) in [6, 6.07) is 13.8. The number of amidine groups is 1. The van der Waals surface area contributed by atoms with E-state index in [1.807, 2.05) is 0 Å². The van der Waals surface area contributed by atoms with Crippen molar-refractivity contribution in [2.45, 2.75) is 4.46 Å². The summed E-state index contributed by atoms with van der Waals surface area (Å²) in [7, 11) is 0. The maximum Gasteiger partial charge on any atom is 0.260 e. The van der Waals surface area contributed by atoms with Crippen molar-refractivity contribution in [3.8, 4) is 0 Å². The van der Waals surface area contributed by atoms with Gasteiger partial charge in [-0.25, -0.2) is 4.99 Å². The molecule has 0 saturated heterocycles. The van der Waals surface area contributed by atoms with Gasteiger partial charge in [0, 0.05) is 5.56 Å². The number of halogens is 2. The number of carbonyl (C=O) groups is 2. The van der Waals surface area contributed by atoms with E-state index in [4.69, 9.17) is 23.2 Å². The molecule has 108 valence electrons. The van der Waals surface area contributed by atoms with Crippen molar-refractivity contribution in [1.82, 2.24) is 0 Å². The van der Waals surface area contributed by atoms with Gasteiger partial charge in [-0.1, -0.05) is 47.5 Å². The molecule has 2 heterocycles. The minimum absolute atomic E-state index is 0.0597. The normalized spacial score (nSPS) is 18.3. The number of para-hydroxylation sites is 2. The molecule has 2 aliphatic heterocycles. The fraction of sp³-hybridized carbons (Fsp3) is 0.0625. The molecule has 2 aromatic rings. The number of nitrogens with zero attached hydrogens (tertiary/aromatic N) is 2. The van der Waals surface area contributed by atoms with Gasteiger partial charge in [0.2, 0.25) is 11.6 Å². The SMILES string of the molecule is O=C1C(N2c3ccccc3C(=O)C2(Cl)Cl)=Nc2ccccc21. The van der Waals surface area contributed by atoms with Gasteiger partial charge in [-0.15, -0.1) is 0 Å². The lowest BCUT2D eigenvalue weighted by molar-refractivity contribution is 0.0986. The summed E-state index contributed by atoms with van der Waals surface area (Å²) in [4.78, 5) is 30.6. The Bertz CT molecular complexity index is 874. The maximum absolute atomic E-state index is 12.6. The summed E-state index contributed by atoms with van der Waals surface area (Å²) >= 11 is 12.5. The number of anilines is 1. The van der Waals surface area contributed by atoms with E-state index < -0.39 is 10.2 Å². The zero-order valence-corrected chi connectivity index (χ0v) is 12.6. The third kappa shape index (κ3) is 1.62. The Kier molecular flexibility index (Phi) is 2.71. The molecule has 6 heteroatoms. The van der Waals surface area contributed by atoms with Crippen LogP contribution in [0.3, 0.4) is 0 Å². The van der Waals surface area contributed by atoms with E-state index in [-0.39, 0.29) is 11.6 Å². The highest BCUT2D eigenvalue weighted by Crippen LogP contribution is 2.46. The van der Waals surface area contributed by atoms with Crippen LogP contribution < -0.4 is 4.90 Å². The van der Waals surface area contributed by atoms with Crippen LogP contribution in [0.4, 0.5) is 11.4 Å². The fourth-order valence-electron chi connectivity index (χ4n) is 2.72. The Hall–Kier alpha value is -2.17. The molecular weight excluding hydrogens is 323 g/mol. The van der Waals surface area contributed by atoms with Gasteiger partial charge in [-0.05, 0) is 24.3 Å². The van der Waals surface area contributed by atoms with Crippen LogP contribution in [0.25, 0.3) is 0 Å². The third-order valence-electron chi connectivity index (χ3n) is 3.73. The van der Waals surface area contributed by atoms with Crippen molar-refractivity contribution >= 4 is 52.0 Å². The van der Waals surface area contributed by atoms with Crippen molar-refractivity contribution in [1.29, 1.82) is 0 Å². The predicted octanol–water partition coefficient (Wildman–Crippen LogP) is 3.75. The van der Waals surface area contributed by atoms with E-state index in [1.165, 1.54) is 4.90 Å². The molecule has 0 amide bonds. The Balaban J connectivity index is 1.91. The highest BCUT2D eigenvalue weighted by Gasteiger charge is 2.53. The van der Waals surface area contributed by atoms with Gasteiger partial charge in [0.25, 0.3) is 4.46 Å². The Morgan fingerprint density at radius 1 is 0.909 bits per heavy atom. The molecule has 0 aliphatic carbocycles. The lowest BCUT2D eigenvalue weighted by Gasteiger charge is -2.26. The van der Waals surface area contributed by atoms with Crippen molar-refractivity contribution in [3.63, 3.8) is 0 Å². The molecule has 0 radical (unpaired) electrons. The highest BCUT2D eigenvalue weighted by molar-refractivity contribution is 6.68. The quantitative estimate of drug-likeness (QED) is 0.546. The summed E-state index contributed by atoms with van der Waals surface area (Å²) in [5.74, 6) is -0.701. The first-order valence-corrected chi connectivity index (χ1v) is 7.31. The van der Waals surface area contributed by atoms with Crippen molar-refractivity contribution in [2.75, 3.05) is 4.90 Å². The minimum Gasteiger partial charge on any atom is -0.288 e. The average molecular weight is 331 g/mol. The van der Waals surface area contributed by atoms with Gasteiger partial charge in [0.1, 0.15) is 0 Å². The zero-order valence-electron chi connectivity index (χ0n) is 11.1. The van der Waals surface area contributed by atoms with Gasteiger partial charge in [0.05, 0.1) is 16.9 Å². The monoisotopic (exact) mass is 330 g/mol. The van der Waals surface area contributed by atoms with Gasteiger partial charge < -0.3 is 0 Å². The lowest BCUT2D eigenvalue weighted by Crippen LogP contribution is -2.46. The number of benzene rings is 2. The number of alkyl halides is 2. The van der Waals surface area contributed by atoms with Gasteiger partial charge in [0.15, 0.2) is 5.84 Å². The molecule has 0 fully saturated rings. The smallest absolute Gasteiger partial charge is 0.260 e. The number of hydrogen-bond donors (Lipinski definition) is 0. The summed E-state index contributed by atoms with van der Waals surface area (Å²) in [5.41, 5.74) is 1.87. The molecule has 0 unspecified atom stereocenters. The number of ketones is 2. The van der Waals surface area contributed by atoms with Crippen molar-refractivity contribution in [2.24, 2.45) is 4.99 Å². The van der Waals surface area contributed by atoms with Gasteiger partial charge >= 0.3 is 0 Å². The second-order valence-electron chi connectivity index (χ2n) is 5.00. The largest absolute Gasteiger partial charge is 0.288 e. The average Bonchev–Trinajstić information content (AvgIpc) is 2.93. The van der Waals surface area contributed by atoms with Gasteiger partial charge in [-0.3, -0.25) is 14.5 Å². The van der Waals surface area contributed by atoms with E-state index in [0.29, 0.717) is 22.5 Å². The number of Topliss-reactive ketones (excluding diaryl/α,β-unsaturated/α-hetero) is 2. The topological polar surface area (TPSA) is 49.7 Å². The van der Waals surface area contributed by atoms with Crippen molar-refractivity contribution in [3.05, 3.63) is 59.7 Å². The van der Waals surface area contributed by atoms with E-state index in [9.17, 15) is 9.59 Å². The first-order chi connectivity index (χ1) is 10.5. The van der Waals surface area contributed by atoms with Crippen molar-refractivity contribution < 1.29 is 9.59 Å². The molecule has 4 nitrogen and oxygen atoms in total. The first kappa shape index (κ1) is 13.5. The maximum atomic E-state index is 12.6. The van der Waals surface area contributed by atoms with Crippen LogP contribution in [0.5, 0.6) is 0 Å². The van der Waals surface area contributed by atoms with E-state index in [1.54, 1.807) is 48.5 Å². The molecule has 0 bridgehead atoms. The molecule has 0 aromatic heterocycles. The molecule has 0 saturated carbocycles. The molecule has 22 heavy (non-hydrogen) atoms. The van der Waals surface area contributed by atoms with Crippen LogP contribution in [-0.2, 0) is 0 Å². The number of rotatable bonds is 0. The number of aliphatic imine (C=N–C) groups is 1. The molecule has 4 rings (SSSR count). The highest BCUT2D eigenvalue weighted by atomic mass is 35.5. The number of carbonyl (C=O) groups excluding carboxylic acids is 2. The predicted molar refractivity (Wildman–Crippen MR) is 85.6 cm³/mol. The summed E-state index contributed by atoms with van der Waals surface area (Å²) < 4.78 is -1.87. The van der Waals surface area contributed by atoms with Crippen LogP contribution in [0.1, 0.15) is 20.7 Å². The zero-order chi connectivity index (χ0) is 15.5. The van der Waals surface area contributed by atoms with Crippen LogP contribution in [0.2, 0.25) is 0 Å². The standard InChI is InChI=1S/C16H8Cl2N2O2/c17-16(18)14(22)10-6-2-4-8-12(10)20(16)15-13(21)9-5-1-3-7-11(9)19-15/h1-8H. The Morgan fingerprint density at radius 3 is 2.27 bits per heavy atom. The van der Waals surface area contributed by atoms with Crippen LogP contribution >= 0.6 is 23.2 Å². The summed E-state index contributed by atoms with van der Waals surface area (Å²) in [5, 5.41) is 0. The third-order valence-corrected chi connectivity index (χ3v) is 4.41. The van der Waals surface area contributed by atoms with Crippen LogP contribution in [0, 0.1) is 0 Å². The fourth-order valence-corrected chi connectivity index (χ4v) is 3.27. The molecule has 2 aromatic carbocycles. The molecule has 2 aliphatic rings. The summed E-state index contributed by atoms with van der Waals surface area (Å²) in [6.07, 6.45) is 0. The Morgan fingerprint density at radius 2 is 1.55 bits per heavy atom. The van der Waals surface area contributed by atoms with E-state index >= 15 is 0 Å².